The maximum atomic E-state index is 13.1. The van der Waals surface area contributed by atoms with E-state index >= 15 is 0 Å². The van der Waals surface area contributed by atoms with Gasteiger partial charge in [-0.15, -0.1) is 0 Å². The van der Waals surface area contributed by atoms with Gasteiger partial charge in [0.1, 0.15) is 11.9 Å². The Morgan fingerprint density at radius 3 is 2.28 bits per heavy atom. The second-order valence-electron chi connectivity index (χ2n) is 5.76. The van der Waals surface area contributed by atoms with Gasteiger partial charge in [0.15, 0.2) is 5.78 Å². The number of carbonyl (C=O) groups is 2. The van der Waals surface area contributed by atoms with Gasteiger partial charge in [0.25, 0.3) is 0 Å². The number of esters is 1. The minimum Gasteiger partial charge on any atom is -0.489 e. The van der Waals surface area contributed by atoms with Crippen molar-refractivity contribution >= 4 is 23.4 Å². The summed E-state index contributed by atoms with van der Waals surface area (Å²) < 4.78 is 10.8. The lowest BCUT2D eigenvalue weighted by Crippen LogP contribution is -2.25. The zero-order chi connectivity index (χ0) is 18.0. The second kappa shape index (κ2) is 7.11. The Hall–Kier alpha value is -2.59. The van der Waals surface area contributed by atoms with Gasteiger partial charge in [0.05, 0.1) is 18.6 Å². The van der Waals surface area contributed by atoms with Gasteiger partial charge in [-0.05, 0) is 24.6 Å². The zero-order valence-corrected chi connectivity index (χ0v) is 14.6. The predicted molar refractivity (Wildman–Crippen MR) is 94.3 cm³/mol. The molecule has 25 heavy (non-hydrogen) atoms. The molecule has 0 spiro atoms. The average Bonchev–Trinajstić information content (AvgIpc) is 2.99. The Kier molecular flexibility index (Phi) is 4.91. The van der Waals surface area contributed by atoms with E-state index in [9.17, 15) is 9.59 Å². The minimum atomic E-state index is -0.768. The molecule has 128 valence electrons. The molecule has 1 heterocycles. The van der Waals surface area contributed by atoms with Crippen molar-refractivity contribution in [3.8, 4) is 0 Å². The number of methoxy groups -OCH3 is 1. The first kappa shape index (κ1) is 17.2. The quantitative estimate of drug-likeness (QED) is 0.603. The van der Waals surface area contributed by atoms with E-state index in [0.717, 1.165) is 5.56 Å². The zero-order valence-electron chi connectivity index (χ0n) is 13.9. The molecule has 1 aliphatic rings. The molecule has 0 amide bonds. The van der Waals surface area contributed by atoms with Gasteiger partial charge in [0.2, 0.25) is 0 Å². The molecule has 0 N–H and O–H groups in total. The van der Waals surface area contributed by atoms with Crippen molar-refractivity contribution in [3.05, 3.63) is 82.1 Å². The smallest absolute Gasteiger partial charge is 0.338 e. The van der Waals surface area contributed by atoms with Gasteiger partial charge in [-0.3, -0.25) is 4.79 Å². The molecule has 0 unspecified atom stereocenters. The van der Waals surface area contributed by atoms with E-state index in [-0.39, 0.29) is 11.4 Å². The van der Waals surface area contributed by atoms with Crippen molar-refractivity contribution in [2.45, 2.75) is 13.0 Å². The van der Waals surface area contributed by atoms with E-state index < -0.39 is 18.0 Å². The lowest BCUT2D eigenvalue weighted by atomic mass is 9.84. The molecule has 0 saturated carbocycles. The number of ether oxygens (including phenoxy) is 2. The fourth-order valence-electron chi connectivity index (χ4n) is 3.04. The summed E-state index contributed by atoms with van der Waals surface area (Å²) in [5.41, 5.74) is 1.56. The summed E-state index contributed by atoms with van der Waals surface area (Å²) in [7, 11) is 1.29. The first-order chi connectivity index (χ1) is 12.0. The number of hydrogen-bond donors (Lipinski definition) is 0. The van der Waals surface area contributed by atoms with Crippen molar-refractivity contribution in [2.24, 2.45) is 5.92 Å². The first-order valence-corrected chi connectivity index (χ1v) is 8.21. The third-order valence-electron chi connectivity index (χ3n) is 4.24. The van der Waals surface area contributed by atoms with E-state index in [1.54, 1.807) is 55.5 Å². The van der Waals surface area contributed by atoms with Gasteiger partial charge in [-0.1, -0.05) is 54.1 Å². The number of hydrogen-bond acceptors (Lipinski definition) is 4. The standard InChI is InChI=1S/C20H17ClO4/c1-12-16(20(23)24-2)17(18(22)13-6-4-3-5-7-13)19(25-12)14-8-10-15(21)11-9-14/h3-11,17,19H,1-2H3/t17-,19+/m0/s1. The Bertz CT molecular complexity index is 825. The largest absolute Gasteiger partial charge is 0.489 e. The molecule has 4 nitrogen and oxygen atoms in total. The molecule has 2 atom stereocenters. The normalized spacial score (nSPS) is 19.5. The van der Waals surface area contributed by atoms with Gasteiger partial charge < -0.3 is 9.47 Å². The number of carbonyl (C=O) groups excluding carboxylic acids is 2. The summed E-state index contributed by atoms with van der Waals surface area (Å²) >= 11 is 5.95. The molecule has 0 fully saturated rings. The molecular weight excluding hydrogens is 340 g/mol. The summed E-state index contributed by atoms with van der Waals surface area (Å²) in [6.45, 7) is 1.67. The summed E-state index contributed by atoms with van der Waals surface area (Å²) in [5, 5.41) is 0.588. The number of allylic oxidation sites excluding steroid dienone is 1. The van der Waals surface area contributed by atoms with Crippen molar-refractivity contribution < 1.29 is 19.1 Å². The van der Waals surface area contributed by atoms with Crippen molar-refractivity contribution in [2.75, 3.05) is 7.11 Å². The highest BCUT2D eigenvalue weighted by Crippen LogP contribution is 2.43. The molecular formula is C20H17ClO4. The van der Waals surface area contributed by atoms with Crippen LogP contribution in [0.15, 0.2) is 65.9 Å². The van der Waals surface area contributed by atoms with Crippen LogP contribution in [0.5, 0.6) is 0 Å². The van der Waals surface area contributed by atoms with E-state index in [1.165, 1.54) is 7.11 Å². The third-order valence-corrected chi connectivity index (χ3v) is 4.49. The van der Waals surface area contributed by atoms with Gasteiger partial charge in [-0.25, -0.2) is 4.79 Å². The molecule has 2 aromatic carbocycles. The summed E-state index contributed by atoms with van der Waals surface area (Å²) in [6, 6.07) is 15.9. The summed E-state index contributed by atoms with van der Waals surface area (Å²) in [6.07, 6.45) is -0.598. The highest BCUT2D eigenvalue weighted by molar-refractivity contribution is 6.30. The summed E-state index contributed by atoms with van der Waals surface area (Å²) in [4.78, 5) is 25.4. The van der Waals surface area contributed by atoms with Crippen molar-refractivity contribution in [3.63, 3.8) is 0 Å². The molecule has 0 bridgehead atoms. The highest BCUT2D eigenvalue weighted by atomic mass is 35.5. The molecule has 2 aromatic rings. The number of halogens is 1. The van der Waals surface area contributed by atoms with Crippen LogP contribution in [-0.4, -0.2) is 18.9 Å². The number of Topliss-reactive ketones (excluding diaryl/α,β-unsaturated/α-hetero) is 1. The van der Waals surface area contributed by atoms with E-state index in [2.05, 4.69) is 0 Å². The molecule has 3 rings (SSSR count). The van der Waals surface area contributed by atoms with Crippen LogP contribution >= 0.6 is 11.6 Å². The Labute approximate surface area is 151 Å². The van der Waals surface area contributed by atoms with Crippen molar-refractivity contribution in [1.82, 2.24) is 0 Å². The topological polar surface area (TPSA) is 52.6 Å². The first-order valence-electron chi connectivity index (χ1n) is 7.83. The second-order valence-corrected chi connectivity index (χ2v) is 6.20. The third kappa shape index (κ3) is 3.30. The lowest BCUT2D eigenvalue weighted by molar-refractivity contribution is -0.136. The van der Waals surface area contributed by atoms with E-state index in [4.69, 9.17) is 21.1 Å². The van der Waals surface area contributed by atoms with Crippen LogP contribution in [0.3, 0.4) is 0 Å². The van der Waals surface area contributed by atoms with Gasteiger partial charge in [0, 0.05) is 10.6 Å². The molecule has 0 saturated heterocycles. The molecule has 0 radical (unpaired) electrons. The predicted octanol–water partition coefficient (Wildman–Crippen LogP) is 4.36. The fraction of sp³-hybridized carbons (Fsp3) is 0.200. The van der Waals surface area contributed by atoms with Crippen LogP contribution < -0.4 is 0 Å². The fourth-order valence-corrected chi connectivity index (χ4v) is 3.16. The maximum absolute atomic E-state index is 13.1. The SMILES string of the molecule is COC(=O)C1=C(C)O[C@H](c2ccc(Cl)cc2)[C@@H]1C(=O)c1ccccc1. The van der Waals surface area contributed by atoms with E-state index in [0.29, 0.717) is 16.3 Å². The van der Waals surface area contributed by atoms with Crippen LogP contribution in [0, 0.1) is 5.92 Å². The van der Waals surface area contributed by atoms with Crippen LogP contribution in [-0.2, 0) is 14.3 Å². The van der Waals surface area contributed by atoms with Gasteiger partial charge >= 0.3 is 5.97 Å². The van der Waals surface area contributed by atoms with E-state index in [1.807, 2.05) is 6.07 Å². The van der Waals surface area contributed by atoms with Crippen LogP contribution in [0.2, 0.25) is 5.02 Å². The Morgan fingerprint density at radius 2 is 1.68 bits per heavy atom. The Balaban J connectivity index is 2.06. The highest BCUT2D eigenvalue weighted by Gasteiger charge is 2.44. The number of ketones is 1. The monoisotopic (exact) mass is 356 g/mol. The molecule has 1 aliphatic heterocycles. The number of rotatable bonds is 4. The number of benzene rings is 2. The van der Waals surface area contributed by atoms with Crippen LogP contribution in [0.1, 0.15) is 28.9 Å². The van der Waals surface area contributed by atoms with Crippen molar-refractivity contribution in [1.29, 1.82) is 0 Å². The molecule has 0 aromatic heterocycles. The lowest BCUT2D eigenvalue weighted by Gasteiger charge is -2.20. The molecule has 5 heteroatoms. The minimum absolute atomic E-state index is 0.183. The van der Waals surface area contributed by atoms with Gasteiger partial charge in [-0.2, -0.15) is 0 Å². The maximum Gasteiger partial charge on any atom is 0.338 e. The summed E-state index contributed by atoms with van der Waals surface area (Å²) in [5.74, 6) is -1.10. The molecule has 0 aliphatic carbocycles. The Morgan fingerprint density at radius 1 is 1.04 bits per heavy atom. The van der Waals surface area contributed by atoms with Crippen LogP contribution in [0.4, 0.5) is 0 Å². The van der Waals surface area contributed by atoms with Crippen LogP contribution in [0.25, 0.3) is 0 Å². The average molecular weight is 357 g/mol.